The Morgan fingerprint density at radius 3 is 2.48 bits per heavy atom. The van der Waals surface area contributed by atoms with Gasteiger partial charge in [0.1, 0.15) is 5.69 Å². The summed E-state index contributed by atoms with van der Waals surface area (Å²) in [7, 11) is 0. The molecule has 2 amide bonds. The van der Waals surface area contributed by atoms with E-state index in [1.165, 1.54) is 0 Å². The number of rotatable bonds is 3. The van der Waals surface area contributed by atoms with Crippen LogP contribution in [0.15, 0.2) is 12.3 Å². The van der Waals surface area contributed by atoms with Crippen molar-refractivity contribution in [2.45, 2.75) is 12.8 Å². The number of piperazine rings is 1. The van der Waals surface area contributed by atoms with Gasteiger partial charge in [-0.05, 0) is 18.9 Å². The molecule has 1 aromatic heterocycles. The number of hydrogen-bond acceptors (Lipinski definition) is 5. The van der Waals surface area contributed by atoms with Crippen LogP contribution in [0.1, 0.15) is 23.3 Å². The Morgan fingerprint density at radius 2 is 1.81 bits per heavy atom. The Hall–Kier alpha value is -2.18. The molecule has 7 nitrogen and oxygen atoms in total. The van der Waals surface area contributed by atoms with Crippen LogP contribution in [0.3, 0.4) is 0 Å². The van der Waals surface area contributed by atoms with Gasteiger partial charge >= 0.3 is 0 Å². The summed E-state index contributed by atoms with van der Waals surface area (Å²) >= 11 is 0. The Balaban J connectivity index is 1.71. The molecule has 0 saturated carbocycles. The number of carbonyl (C=O) groups is 2. The molecule has 3 heterocycles. The lowest BCUT2D eigenvalue weighted by molar-refractivity contribution is -0.118. The van der Waals surface area contributed by atoms with Crippen LogP contribution in [0.2, 0.25) is 0 Å². The molecule has 7 heteroatoms. The molecule has 2 fully saturated rings. The van der Waals surface area contributed by atoms with E-state index in [9.17, 15) is 9.59 Å². The fourth-order valence-electron chi connectivity index (χ4n) is 2.73. The molecular weight excluding hydrogens is 270 g/mol. The van der Waals surface area contributed by atoms with E-state index in [0.717, 1.165) is 32.3 Å². The molecule has 0 N–H and O–H groups in total. The van der Waals surface area contributed by atoms with Gasteiger partial charge in [0, 0.05) is 45.5 Å². The Bertz CT molecular complexity index is 522. The molecule has 0 spiro atoms. The first-order chi connectivity index (χ1) is 10.3. The third-order valence-electron chi connectivity index (χ3n) is 4.00. The van der Waals surface area contributed by atoms with Gasteiger partial charge in [0.05, 0.1) is 0 Å². The first-order valence-corrected chi connectivity index (χ1v) is 7.34. The molecule has 21 heavy (non-hydrogen) atoms. The first-order valence-electron chi connectivity index (χ1n) is 7.34. The van der Waals surface area contributed by atoms with Crippen molar-refractivity contribution in [3.8, 4) is 0 Å². The average molecular weight is 289 g/mol. The minimum absolute atomic E-state index is 0.0114. The van der Waals surface area contributed by atoms with Gasteiger partial charge in [0.25, 0.3) is 5.91 Å². The molecule has 3 rings (SSSR count). The molecule has 2 aliphatic heterocycles. The number of hydrogen-bond donors (Lipinski definition) is 0. The monoisotopic (exact) mass is 289 g/mol. The zero-order valence-electron chi connectivity index (χ0n) is 11.9. The molecule has 0 aromatic carbocycles. The zero-order chi connectivity index (χ0) is 14.7. The van der Waals surface area contributed by atoms with Crippen LogP contribution < -0.4 is 4.90 Å². The summed E-state index contributed by atoms with van der Waals surface area (Å²) in [6, 6.07) is 1.67. The summed E-state index contributed by atoms with van der Waals surface area (Å²) in [6.07, 6.45) is 4.64. The van der Waals surface area contributed by atoms with E-state index in [2.05, 4.69) is 9.97 Å². The van der Waals surface area contributed by atoms with Gasteiger partial charge in [-0.15, -0.1) is 0 Å². The number of likely N-dealkylation sites (tertiary alicyclic amines) is 1. The van der Waals surface area contributed by atoms with Crippen molar-refractivity contribution in [2.24, 2.45) is 0 Å². The van der Waals surface area contributed by atoms with Crippen molar-refractivity contribution in [1.82, 2.24) is 19.8 Å². The number of carbonyl (C=O) groups excluding carboxylic acids is 2. The van der Waals surface area contributed by atoms with E-state index in [0.29, 0.717) is 37.8 Å². The minimum Gasteiger partial charge on any atom is -0.342 e. The summed E-state index contributed by atoms with van der Waals surface area (Å²) in [5.41, 5.74) is 0.458. The first kappa shape index (κ1) is 13.8. The predicted molar refractivity (Wildman–Crippen MR) is 77.0 cm³/mol. The van der Waals surface area contributed by atoms with E-state index in [4.69, 9.17) is 0 Å². The van der Waals surface area contributed by atoms with Crippen molar-refractivity contribution in [3.63, 3.8) is 0 Å². The lowest BCUT2D eigenvalue weighted by Gasteiger charge is -2.32. The van der Waals surface area contributed by atoms with Crippen molar-refractivity contribution in [3.05, 3.63) is 18.0 Å². The smallest absolute Gasteiger partial charge is 0.272 e. The maximum absolute atomic E-state index is 12.3. The lowest BCUT2D eigenvalue weighted by atomic mass is 10.3. The van der Waals surface area contributed by atoms with Crippen LogP contribution in [0, 0.1) is 0 Å². The van der Waals surface area contributed by atoms with Crippen molar-refractivity contribution in [1.29, 1.82) is 0 Å². The molecule has 0 aliphatic carbocycles. The SMILES string of the molecule is O=CN1CCN(c2nccc(C(=O)N3CCCC3)n2)CC1. The van der Waals surface area contributed by atoms with Gasteiger partial charge < -0.3 is 14.7 Å². The Labute approximate surface area is 123 Å². The molecule has 2 saturated heterocycles. The fourth-order valence-corrected chi connectivity index (χ4v) is 2.73. The molecule has 112 valence electrons. The normalized spacial score (nSPS) is 19.0. The standard InChI is InChI=1S/C14H19N5O2/c20-11-17-7-9-19(10-8-17)14-15-4-3-12(16-14)13(21)18-5-1-2-6-18/h3-4,11H,1-2,5-10H2. The quantitative estimate of drug-likeness (QED) is 0.732. The fraction of sp³-hybridized carbons (Fsp3) is 0.571. The Kier molecular flexibility index (Phi) is 3.98. The van der Waals surface area contributed by atoms with Crippen LogP contribution in [-0.2, 0) is 4.79 Å². The number of amides is 2. The summed E-state index contributed by atoms with van der Waals surface area (Å²) < 4.78 is 0. The van der Waals surface area contributed by atoms with E-state index < -0.39 is 0 Å². The van der Waals surface area contributed by atoms with Gasteiger partial charge in [-0.1, -0.05) is 0 Å². The molecule has 0 radical (unpaired) electrons. The van der Waals surface area contributed by atoms with Crippen LogP contribution in [0.5, 0.6) is 0 Å². The second-order valence-corrected chi connectivity index (χ2v) is 5.37. The Morgan fingerprint density at radius 1 is 1.10 bits per heavy atom. The highest BCUT2D eigenvalue weighted by Crippen LogP contribution is 2.14. The second kappa shape index (κ2) is 6.07. The molecule has 0 atom stereocenters. The van der Waals surface area contributed by atoms with Gasteiger partial charge in [0.15, 0.2) is 0 Å². The van der Waals surface area contributed by atoms with E-state index in [-0.39, 0.29) is 5.91 Å². The number of nitrogens with zero attached hydrogens (tertiary/aromatic N) is 5. The van der Waals surface area contributed by atoms with Crippen molar-refractivity contribution in [2.75, 3.05) is 44.2 Å². The van der Waals surface area contributed by atoms with Crippen LogP contribution in [0.4, 0.5) is 5.95 Å². The maximum atomic E-state index is 12.3. The molecule has 2 aliphatic rings. The van der Waals surface area contributed by atoms with Crippen molar-refractivity contribution >= 4 is 18.3 Å². The van der Waals surface area contributed by atoms with Crippen LogP contribution in [0.25, 0.3) is 0 Å². The third-order valence-corrected chi connectivity index (χ3v) is 4.00. The predicted octanol–water partition coefficient (Wildman–Crippen LogP) is -0.00900. The van der Waals surface area contributed by atoms with E-state index in [1.54, 1.807) is 17.2 Å². The molecule has 1 aromatic rings. The highest BCUT2D eigenvalue weighted by atomic mass is 16.2. The molecular formula is C14H19N5O2. The lowest BCUT2D eigenvalue weighted by Crippen LogP contribution is -2.46. The van der Waals surface area contributed by atoms with Crippen LogP contribution in [-0.4, -0.2) is 71.4 Å². The summed E-state index contributed by atoms with van der Waals surface area (Å²) in [5.74, 6) is 0.563. The van der Waals surface area contributed by atoms with Gasteiger partial charge in [0.2, 0.25) is 12.4 Å². The summed E-state index contributed by atoms with van der Waals surface area (Å²) in [6.45, 7) is 4.35. The highest BCUT2D eigenvalue weighted by Gasteiger charge is 2.23. The van der Waals surface area contributed by atoms with E-state index in [1.807, 2.05) is 9.80 Å². The summed E-state index contributed by atoms with van der Waals surface area (Å²) in [5, 5.41) is 0. The minimum atomic E-state index is -0.0114. The maximum Gasteiger partial charge on any atom is 0.272 e. The van der Waals surface area contributed by atoms with Gasteiger partial charge in [-0.2, -0.15) is 0 Å². The van der Waals surface area contributed by atoms with Gasteiger partial charge in [-0.25, -0.2) is 9.97 Å². The summed E-state index contributed by atoms with van der Waals surface area (Å²) in [4.78, 5) is 37.3. The van der Waals surface area contributed by atoms with Crippen molar-refractivity contribution < 1.29 is 9.59 Å². The largest absolute Gasteiger partial charge is 0.342 e. The van der Waals surface area contributed by atoms with Crippen LogP contribution >= 0.6 is 0 Å². The zero-order valence-corrected chi connectivity index (χ0v) is 11.9. The third kappa shape index (κ3) is 2.96. The highest BCUT2D eigenvalue weighted by molar-refractivity contribution is 5.92. The van der Waals surface area contributed by atoms with Gasteiger partial charge in [-0.3, -0.25) is 9.59 Å². The number of anilines is 1. The van der Waals surface area contributed by atoms with E-state index >= 15 is 0 Å². The molecule has 0 bridgehead atoms. The topological polar surface area (TPSA) is 69.6 Å². The second-order valence-electron chi connectivity index (χ2n) is 5.37. The number of aromatic nitrogens is 2. The average Bonchev–Trinajstić information content (AvgIpc) is 3.09. The molecule has 0 unspecified atom stereocenters.